The molecular formula is C20H21FN2O3. The number of nitrogens with zero attached hydrogens (tertiary/aromatic N) is 2. The number of benzene rings is 2. The second-order valence-corrected chi connectivity index (χ2v) is 6.09. The highest BCUT2D eigenvalue weighted by molar-refractivity contribution is 5.94. The zero-order valence-corrected chi connectivity index (χ0v) is 14.4. The number of rotatable bonds is 5. The van der Waals surface area contributed by atoms with E-state index in [9.17, 15) is 14.0 Å². The van der Waals surface area contributed by atoms with Gasteiger partial charge in [0.2, 0.25) is 5.91 Å². The van der Waals surface area contributed by atoms with Gasteiger partial charge in [-0.3, -0.25) is 9.59 Å². The lowest BCUT2D eigenvalue weighted by Gasteiger charge is -2.34. The molecule has 0 saturated carbocycles. The lowest BCUT2D eigenvalue weighted by molar-refractivity contribution is -0.133. The molecule has 0 unspecified atom stereocenters. The third kappa shape index (κ3) is 4.59. The van der Waals surface area contributed by atoms with Gasteiger partial charge in [0.15, 0.2) is 0 Å². The van der Waals surface area contributed by atoms with Crippen LogP contribution in [0.3, 0.4) is 0 Å². The monoisotopic (exact) mass is 356 g/mol. The Labute approximate surface area is 152 Å². The van der Waals surface area contributed by atoms with Crippen LogP contribution in [0.2, 0.25) is 0 Å². The Bertz CT molecular complexity index is 741. The molecule has 0 bridgehead atoms. The van der Waals surface area contributed by atoms with Crippen molar-refractivity contribution in [3.05, 3.63) is 66.0 Å². The minimum Gasteiger partial charge on any atom is -0.493 e. The van der Waals surface area contributed by atoms with E-state index in [1.54, 1.807) is 9.80 Å². The smallest absolute Gasteiger partial charge is 0.253 e. The minimum atomic E-state index is -0.366. The average Bonchev–Trinajstić information content (AvgIpc) is 2.69. The van der Waals surface area contributed by atoms with Gasteiger partial charge in [-0.05, 0) is 36.4 Å². The van der Waals surface area contributed by atoms with E-state index in [2.05, 4.69) is 0 Å². The lowest BCUT2D eigenvalue weighted by atomic mass is 10.1. The van der Waals surface area contributed by atoms with Gasteiger partial charge in [-0.15, -0.1) is 0 Å². The van der Waals surface area contributed by atoms with E-state index in [-0.39, 0.29) is 17.6 Å². The van der Waals surface area contributed by atoms with Crippen LogP contribution in [0.5, 0.6) is 5.75 Å². The van der Waals surface area contributed by atoms with Crippen molar-refractivity contribution >= 4 is 11.8 Å². The molecule has 0 aromatic heterocycles. The highest BCUT2D eigenvalue weighted by Gasteiger charge is 2.24. The molecule has 0 spiro atoms. The van der Waals surface area contributed by atoms with E-state index in [0.717, 1.165) is 5.75 Å². The topological polar surface area (TPSA) is 49.9 Å². The zero-order chi connectivity index (χ0) is 18.4. The van der Waals surface area contributed by atoms with E-state index >= 15 is 0 Å². The Morgan fingerprint density at radius 1 is 0.885 bits per heavy atom. The molecule has 1 aliphatic heterocycles. The van der Waals surface area contributed by atoms with Crippen molar-refractivity contribution in [2.75, 3.05) is 32.8 Å². The van der Waals surface area contributed by atoms with Crippen molar-refractivity contribution in [3.8, 4) is 5.75 Å². The maximum Gasteiger partial charge on any atom is 0.253 e. The summed E-state index contributed by atoms with van der Waals surface area (Å²) in [4.78, 5) is 28.1. The number of para-hydroxylation sites is 1. The standard InChI is InChI=1S/C20H21FN2O3/c21-17-8-6-16(7-9-17)20(25)23-13-11-22(12-14-23)19(24)10-15-26-18-4-2-1-3-5-18/h1-9H,10-15H2. The van der Waals surface area contributed by atoms with Crippen molar-refractivity contribution in [1.29, 1.82) is 0 Å². The average molecular weight is 356 g/mol. The molecule has 0 N–H and O–H groups in total. The van der Waals surface area contributed by atoms with Crippen LogP contribution in [0.1, 0.15) is 16.8 Å². The van der Waals surface area contributed by atoms with Gasteiger partial charge in [-0.2, -0.15) is 0 Å². The maximum atomic E-state index is 13.0. The molecule has 0 radical (unpaired) electrons. The molecule has 0 atom stereocenters. The van der Waals surface area contributed by atoms with Crippen molar-refractivity contribution in [3.63, 3.8) is 0 Å². The fraction of sp³-hybridized carbons (Fsp3) is 0.300. The van der Waals surface area contributed by atoms with Crippen LogP contribution in [0.25, 0.3) is 0 Å². The van der Waals surface area contributed by atoms with Crippen LogP contribution in [-0.4, -0.2) is 54.4 Å². The maximum absolute atomic E-state index is 13.0. The Balaban J connectivity index is 1.43. The summed E-state index contributed by atoms with van der Waals surface area (Å²) in [6.07, 6.45) is 0.306. The quantitative estimate of drug-likeness (QED) is 0.827. The highest BCUT2D eigenvalue weighted by atomic mass is 19.1. The number of hydrogen-bond acceptors (Lipinski definition) is 3. The number of hydrogen-bond donors (Lipinski definition) is 0. The van der Waals surface area contributed by atoms with Crippen molar-refractivity contribution < 1.29 is 18.7 Å². The van der Waals surface area contributed by atoms with Crippen molar-refractivity contribution in [1.82, 2.24) is 9.80 Å². The molecule has 2 aromatic rings. The van der Waals surface area contributed by atoms with Gasteiger partial charge in [0.25, 0.3) is 5.91 Å². The van der Waals surface area contributed by atoms with Crippen molar-refractivity contribution in [2.24, 2.45) is 0 Å². The van der Waals surface area contributed by atoms with Gasteiger partial charge >= 0.3 is 0 Å². The van der Waals surface area contributed by atoms with Crippen molar-refractivity contribution in [2.45, 2.75) is 6.42 Å². The van der Waals surface area contributed by atoms with Crippen LogP contribution in [0.4, 0.5) is 4.39 Å². The fourth-order valence-electron chi connectivity index (χ4n) is 2.87. The second kappa shape index (κ2) is 8.47. The van der Waals surface area contributed by atoms with Gasteiger partial charge in [0.05, 0.1) is 13.0 Å². The molecular weight excluding hydrogens is 335 g/mol. The summed E-state index contributed by atoms with van der Waals surface area (Å²) in [6.45, 7) is 2.27. The summed E-state index contributed by atoms with van der Waals surface area (Å²) in [5.74, 6) is 0.268. The first kappa shape index (κ1) is 17.9. The molecule has 0 aliphatic carbocycles. The summed E-state index contributed by atoms with van der Waals surface area (Å²) in [5.41, 5.74) is 0.461. The van der Waals surface area contributed by atoms with Gasteiger partial charge in [-0.25, -0.2) is 4.39 Å². The molecule has 1 aliphatic rings. The zero-order valence-electron chi connectivity index (χ0n) is 14.4. The van der Waals surface area contributed by atoms with E-state index in [0.29, 0.717) is 44.8 Å². The lowest BCUT2D eigenvalue weighted by Crippen LogP contribution is -2.50. The molecule has 26 heavy (non-hydrogen) atoms. The Morgan fingerprint density at radius 2 is 1.50 bits per heavy atom. The van der Waals surface area contributed by atoms with E-state index < -0.39 is 0 Å². The number of ether oxygens (including phenoxy) is 1. The van der Waals surface area contributed by atoms with E-state index in [4.69, 9.17) is 4.74 Å². The molecule has 6 heteroatoms. The van der Waals surface area contributed by atoms with Crippen LogP contribution in [0.15, 0.2) is 54.6 Å². The molecule has 5 nitrogen and oxygen atoms in total. The summed E-state index contributed by atoms with van der Waals surface area (Å²) >= 11 is 0. The van der Waals surface area contributed by atoms with Gasteiger partial charge in [0, 0.05) is 31.7 Å². The first-order chi connectivity index (χ1) is 12.6. The third-order valence-corrected chi connectivity index (χ3v) is 4.34. The van der Waals surface area contributed by atoms with Crippen LogP contribution in [-0.2, 0) is 4.79 Å². The second-order valence-electron chi connectivity index (χ2n) is 6.09. The van der Waals surface area contributed by atoms with Crippen LogP contribution in [0, 0.1) is 5.82 Å². The summed E-state index contributed by atoms with van der Waals surface area (Å²) in [5, 5.41) is 0. The molecule has 1 saturated heterocycles. The molecule has 2 amide bonds. The number of amides is 2. The van der Waals surface area contributed by atoms with E-state index in [1.165, 1.54) is 24.3 Å². The molecule has 2 aromatic carbocycles. The number of carbonyl (C=O) groups excluding carboxylic acids is 2. The highest BCUT2D eigenvalue weighted by Crippen LogP contribution is 2.12. The SMILES string of the molecule is O=C(CCOc1ccccc1)N1CCN(C(=O)c2ccc(F)cc2)CC1. The Hall–Kier alpha value is -2.89. The first-order valence-electron chi connectivity index (χ1n) is 8.64. The largest absolute Gasteiger partial charge is 0.493 e. The molecule has 1 heterocycles. The number of piperazine rings is 1. The Kier molecular flexibility index (Phi) is 5.84. The third-order valence-electron chi connectivity index (χ3n) is 4.34. The molecule has 136 valence electrons. The minimum absolute atomic E-state index is 0.0230. The number of carbonyl (C=O) groups is 2. The molecule has 3 rings (SSSR count). The van der Waals surface area contributed by atoms with Crippen LogP contribution >= 0.6 is 0 Å². The first-order valence-corrected chi connectivity index (χ1v) is 8.64. The van der Waals surface area contributed by atoms with Crippen LogP contribution < -0.4 is 4.74 Å². The number of halogens is 1. The normalized spacial score (nSPS) is 14.2. The summed E-state index contributed by atoms with van der Waals surface area (Å²) in [6, 6.07) is 14.9. The fourth-order valence-corrected chi connectivity index (χ4v) is 2.87. The van der Waals surface area contributed by atoms with E-state index in [1.807, 2.05) is 30.3 Å². The van der Waals surface area contributed by atoms with Gasteiger partial charge in [-0.1, -0.05) is 18.2 Å². The summed E-state index contributed by atoms with van der Waals surface area (Å²) < 4.78 is 18.5. The van der Waals surface area contributed by atoms with Gasteiger partial charge in [0.1, 0.15) is 11.6 Å². The predicted octanol–water partition coefficient (Wildman–Crippen LogP) is 2.58. The Morgan fingerprint density at radius 3 is 2.15 bits per heavy atom. The molecule has 1 fully saturated rings. The van der Waals surface area contributed by atoms with Gasteiger partial charge < -0.3 is 14.5 Å². The predicted molar refractivity (Wildman–Crippen MR) is 95.4 cm³/mol. The summed E-state index contributed by atoms with van der Waals surface area (Å²) in [7, 11) is 0.